The van der Waals surface area contributed by atoms with Gasteiger partial charge in [0.15, 0.2) is 0 Å². The first kappa shape index (κ1) is 15.6. The number of anilines is 1. The molecule has 1 aliphatic heterocycles. The third kappa shape index (κ3) is 4.07. The number of hydrogen-bond acceptors (Lipinski definition) is 5. The van der Waals surface area contributed by atoms with E-state index in [1.54, 1.807) is 19.2 Å². The lowest BCUT2D eigenvalue weighted by Gasteiger charge is -2.20. The molecule has 0 saturated carbocycles. The predicted molar refractivity (Wildman–Crippen MR) is 83.0 cm³/mol. The van der Waals surface area contributed by atoms with Gasteiger partial charge in [-0.05, 0) is 38.4 Å². The van der Waals surface area contributed by atoms with Crippen LogP contribution >= 0.6 is 0 Å². The molecule has 0 bridgehead atoms. The molecule has 0 radical (unpaired) electrons. The molecule has 2 rings (SSSR count). The van der Waals surface area contributed by atoms with Crippen molar-refractivity contribution in [3.63, 3.8) is 0 Å². The van der Waals surface area contributed by atoms with E-state index in [0.717, 1.165) is 38.9 Å². The van der Waals surface area contributed by atoms with Crippen LogP contribution in [0.5, 0.6) is 5.75 Å². The van der Waals surface area contributed by atoms with E-state index < -0.39 is 0 Å². The highest BCUT2D eigenvalue weighted by Gasteiger charge is 2.18. The molecule has 116 valence electrons. The van der Waals surface area contributed by atoms with Crippen molar-refractivity contribution >= 4 is 11.4 Å². The Kier molecular flexibility index (Phi) is 5.38. The van der Waals surface area contributed by atoms with Gasteiger partial charge in [-0.1, -0.05) is 6.92 Å². The van der Waals surface area contributed by atoms with Crippen molar-refractivity contribution in [2.24, 2.45) is 0 Å². The minimum absolute atomic E-state index is 0.0853. The molecule has 1 aromatic rings. The van der Waals surface area contributed by atoms with Crippen molar-refractivity contribution in [1.82, 2.24) is 4.90 Å². The van der Waals surface area contributed by atoms with Gasteiger partial charge in [0.1, 0.15) is 5.75 Å². The van der Waals surface area contributed by atoms with Crippen LogP contribution in [0.4, 0.5) is 11.4 Å². The highest BCUT2D eigenvalue weighted by Crippen LogP contribution is 2.30. The summed E-state index contributed by atoms with van der Waals surface area (Å²) >= 11 is 0. The quantitative estimate of drug-likeness (QED) is 0.668. The fourth-order valence-corrected chi connectivity index (χ4v) is 2.76. The number of likely N-dealkylation sites (tertiary alicyclic amines) is 1. The van der Waals surface area contributed by atoms with E-state index in [2.05, 4.69) is 17.1 Å². The number of hydrogen-bond donors (Lipinski definition) is 1. The largest absolute Gasteiger partial charge is 0.495 e. The molecule has 0 spiro atoms. The summed E-state index contributed by atoms with van der Waals surface area (Å²) in [5.41, 5.74) is 0.795. The summed E-state index contributed by atoms with van der Waals surface area (Å²) in [5.74, 6) is 0.650. The Hall–Kier alpha value is -1.82. The molecule has 0 aromatic heterocycles. The first-order valence-electron chi connectivity index (χ1n) is 7.45. The molecule has 1 saturated heterocycles. The highest BCUT2D eigenvalue weighted by molar-refractivity contribution is 5.62. The van der Waals surface area contributed by atoms with Gasteiger partial charge in [0.25, 0.3) is 5.69 Å². The Morgan fingerprint density at radius 3 is 2.90 bits per heavy atom. The molecule has 1 N–H and O–H groups in total. The van der Waals surface area contributed by atoms with Crippen LogP contribution in [0.1, 0.15) is 26.2 Å². The first-order valence-corrected chi connectivity index (χ1v) is 7.45. The average Bonchev–Trinajstić information content (AvgIpc) is 2.72. The molecule has 1 aromatic carbocycles. The monoisotopic (exact) mass is 293 g/mol. The normalized spacial score (nSPS) is 19.8. The van der Waals surface area contributed by atoms with Gasteiger partial charge < -0.3 is 15.0 Å². The Balaban J connectivity index is 2.10. The maximum Gasteiger partial charge on any atom is 0.271 e. The van der Waals surface area contributed by atoms with Gasteiger partial charge in [-0.25, -0.2) is 0 Å². The Morgan fingerprint density at radius 1 is 1.43 bits per heavy atom. The van der Waals surface area contributed by atoms with Crippen LogP contribution < -0.4 is 10.1 Å². The summed E-state index contributed by atoms with van der Waals surface area (Å²) in [7, 11) is 1.58. The van der Waals surface area contributed by atoms with E-state index in [0.29, 0.717) is 17.5 Å². The van der Waals surface area contributed by atoms with Gasteiger partial charge in [-0.15, -0.1) is 0 Å². The van der Waals surface area contributed by atoms with Crippen LogP contribution in [0.15, 0.2) is 18.2 Å². The Morgan fingerprint density at radius 2 is 2.24 bits per heavy atom. The minimum Gasteiger partial charge on any atom is -0.495 e. The second kappa shape index (κ2) is 7.26. The summed E-state index contributed by atoms with van der Waals surface area (Å²) < 4.78 is 5.30. The zero-order valence-corrected chi connectivity index (χ0v) is 12.7. The van der Waals surface area contributed by atoms with E-state index in [4.69, 9.17) is 4.74 Å². The van der Waals surface area contributed by atoms with E-state index >= 15 is 0 Å². The third-order valence-electron chi connectivity index (χ3n) is 4.02. The van der Waals surface area contributed by atoms with E-state index in [1.807, 2.05) is 0 Å². The fraction of sp³-hybridized carbons (Fsp3) is 0.600. The topological polar surface area (TPSA) is 67.6 Å². The van der Waals surface area contributed by atoms with Crippen molar-refractivity contribution in [2.75, 3.05) is 32.1 Å². The molecular weight excluding hydrogens is 270 g/mol. The highest BCUT2D eigenvalue weighted by atomic mass is 16.6. The van der Waals surface area contributed by atoms with Crippen LogP contribution in [-0.4, -0.2) is 42.6 Å². The third-order valence-corrected chi connectivity index (χ3v) is 4.02. The van der Waals surface area contributed by atoms with E-state index in [1.165, 1.54) is 6.07 Å². The molecule has 1 heterocycles. The van der Waals surface area contributed by atoms with Gasteiger partial charge in [-0.3, -0.25) is 10.1 Å². The van der Waals surface area contributed by atoms with Crippen molar-refractivity contribution in [3.05, 3.63) is 28.3 Å². The number of ether oxygens (including phenoxy) is 1. The second-order valence-corrected chi connectivity index (χ2v) is 5.35. The molecule has 1 unspecified atom stereocenters. The van der Waals surface area contributed by atoms with Crippen LogP contribution in [-0.2, 0) is 0 Å². The van der Waals surface area contributed by atoms with Crippen LogP contribution in [0.3, 0.4) is 0 Å². The number of nitro benzene ring substituents is 1. The zero-order valence-electron chi connectivity index (χ0n) is 12.7. The molecule has 6 heteroatoms. The van der Waals surface area contributed by atoms with Crippen molar-refractivity contribution in [2.45, 2.75) is 32.2 Å². The molecule has 0 amide bonds. The standard InChI is InChI=1S/C15H23N3O3/c1-3-17-9-4-5-12(8-10-17)16-14-11-13(18(19)20)6-7-15(14)21-2/h6-7,11-12,16H,3-5,8-10H2,1-2H3. The molecular formula is C15H23N3O3. The van der Waals surface area contributed by atoms with Gasteiger partial charge in [0.05, 0.1) is 17.7 Å². The Labute approximate surface area is 125 Å². The maximum absolute atomic E-state index is 10.9. The number of rotatable bonds is 5. The van der Waals surface area contributed by atoms with Crippen molar-refractivity contribution in [1.29, 1.82) is 0 Å². The average molecular weight is 293 g/mol. The summed E-state index contributed by atoms with van der Waals surface area (Å²) in [6.07, 6.45) is 3.25. The summed E-state index contributed by atoms with van der Waals surface area (Å²) in [5, 5.41) is 14.3. The lowest BCUT2D eigenvalue weighted by Crippen LogP contribution is -2.26. The fourth-order valence-electron chi connectivity index (χ4n) is 2.76. The van der Waals surface area contributed by atoms with Crippen LogP contribution in [0, 0.1) is 10.1 Å². The SMILES string of the molecule is CCN1CCCC(Nc2cc([N+](=O)[O-])ccc2OC)CC1. The minimum atomic E-state index is -0.378. The number of methoxy groups -OCH3 is 1. The van der Waals surface area contributed by atoms with Crippen LogP contribution in [0.2, 0.25) is 0 Å². The van der Waals surface area contributed by atoms with E-state index in [9.17, 15) is 10.1 Å². The number of nitro groups is 1. The van der Waals surface area contributed by atoms with Crippen molar-refractivity contribution < 1.29 is 9.66 Å². The maximum atomic E-state index is 10.9. The number of non-ortho nitro benzene ring substituents is 1. The Bertz CT molecular complexity index is 493. The second-order valence-electron chi connectivity index (χ2n) is 5.35. The molecule has 21 heavy (non-hydrogen) atoms. The lowest BCUT2D eigenvalue weighted by molar-refractivity contribution is -0.384. The van der Waals surface area contributed by atoms with Crippen LogP contribution in [0.25, 0.3) is 0 Å². The molecule has 1 aliphatic rings. The summed E-state index contributed by atoms with van der Waals surface area (Å²) in [6.45, 7) is 5.44. The lowest BCUT2D eigenvalue weighted by atomic mass is 10.1. The smallest absolute Gasteiger partial charge is 0.271 e. The molecule has 1 fully saturated rings. The predicted octanol–water partition coefficient (Wildman–Crippen LogP) is 2.89. The summed E-state index contributed by atoms with van der Waals surface area (Å²) in [6, 6.07) is 5.00. The van der Waals surface area contributed by atoms with Gasteiger partial charge in [0, 0.05) is 24.7 Å². The number of nitrogens with zero attached hydrogens (tertiary/aromatic N) is 2. The van der Waals surface area contributed by atoms with Gasteiger partial charge in [-0.2, -0.15) is 0 Å². The number of benzene rings is 1. The van der Waals surface area contributed by atoms with Crippen molar-refractivity contribution in [3.8, 4) is 5.75 Å². The molecule has 1 atom stereocenters. The molecule has 0 aliphatic carbocycles. The van der Waals surface area contributed by atoms with E-state index in [-0.39, 0.29) is 10.6 Å². The van der Waals surface area contributed by atoms with Gasteiger partial charge in [0.2, 0.25) is 0 Å². The van der Waals surface area contributed by atoms with Gasteiger partial charge >= 0.3 is 0 Å². The molecule has 6 nitrogen and oxygen atoms in total. The first-order chi connectivity index (χ1) is 10.1. The number of nitrogens with one attached hydrogen (secondary N) is 1. The zero-order chi connectivity index (χ0) is 15.2. The summed E-state index contributed by atoms with van der Waals surface area (Å²) in [4.78, 5) is 13.0.